The monoisotopic (exact) mass is 804 g/mol. The molecule has 0 aliphatic carbocycles. The maximum Gasteiger partial charge on any atom is 0.471 e. The smallest absolute Gasteiger partial charge is 0.378 e. The number of nitrogens with two attached hydrogens (primary N) is 1. The number of hydrogen-bond donors (Lipinski definition) is 2. The standard InChI is InChI=1S/C21H21F3N4O4.C19H22N4O3/c22-21(23,24)19(30)26-13-18(29)15-6-7-16(25-12-15)14-28(17-4-2-1-3-5-17)20(31)27-8-10-32-11-9-27;20-12-18(24)15-6-7-16(21-13-15)14-23(17-4-2-1-3-5-17)19(25)22-8-10-26-11-9-22/h1-7,12H,8-11,13-14H2,(H,26,30);1-7,13H,8-12,14,20H2. The molecule has 2 aliphatic rings. The Balaban J connectivity index is 0.000000226. The van der Waals surface area contributed by atoms with Gasteiger partial charge in [0.2, 0.25) is 0 Å². The van der Waals surface area contributed by atoms with Crippen molar-refractivity contribution in [3.63, 3.8) is 0 Å². The number of rotatable bonds is 11. The van der Waals surface area contributed by atoms with E-state index >= 15 is 0 Å². The molecular formula is C40H43F3N8O7. The Kier molecular flexibility index (Phi) is 15.4. The summed E-state index contributed by atoms with van der Waals surface area (Å²) in [6, 6.07) is 24.6. The Morgan fingerprint density at radius 1 is 0.638 bits per heavy atom. The number of morpholine rings is 2. The molecule has 4 heterocycles. The van der Waals surface area contributed by atoms with Crippen molar-refractivity contribution in [3.05, 3.63) is 120 Å². The summed E-state index contributed by atoms with van der Waals surface area (Å²) in [5, 5.41) is 1.53. The summed E-state index contributed by atoms with van der Waals surface area (Å²) < 4.78 is 47.3. The molecule has 5 amide bonds. The predicted octanol–water partition coefficient (Wildman–Crippen LogP) is 4.08. The van der Waals surface area contributed by atoms with Crippen LogP contribution in [0.15, 0.2) is 97.3 Å². The highest BCUT2D eigenvalue weighted by molar-refractivity contribution is 6.00. The van der Waals surface area contributed by atoms with Crippen molar-refractivity contribution in [2.75, 3.05) is 75.5 Å². The number of nitrogens with zero attached hydrogens (tertiary/aromatic N) is 6. The van der Waals surface area contributed by atoms with E-state index in [2.05, 4.69) is 9.97 Å². The number of carbonyl (C=O) groups is 5. The fraction of sp³-hybridized carbons (Fsp3) is 0.325. The van der Waals surface area contributed by atoms with Crippen LogP contribution >= 0.6 is 0 Å². The van der Waals surface area contributed by atoms with Gasteiger partial charge in [0.1, 0.15) is 0 Å². The van der Waals surface area contributed by atoms with E-state index in [-0.39, 0.29) is 36.5 Å². The van der Waals surface area contributed by atoms with Crippen LogP contribution in [0.3, 0.4) is 0 Å². The molecule has 0 atom stereocenters. The van der Waals surface area contributed by atoms with Crippen molar-refractivity contribution in [2.24, 2.45) is 5.73 Å². The van der Waals surface area contributed by atoms with Crippen molar-refractivity contribution >= 4 is 40.9 Å². The molecule has 0 unspecified atom stereocenters. The number of alkyl halides is 3. The van der Waals surface area contributed by atoms with Gasteiger partial charge in [-0.2, -0.15) is 13.2 Å². The zero-order valence-corrected chi connectivity index (χ0v) is 31.5. The molecule has 2 saturated heterocycles. The van der Waals surface area contributed by atoms with E-state index in [0.717, 1.165) is 5.69 Å². The second-order valence-corrected chi connectivity index (χ2v) is 12.9. The number of hydrogen-bond acceptors (Lipinski definition) is 10. The van der Waals surface area contributed by atoms with E-state index < -0.39 is 24.4 Å². The number of anilines is 2. The van der Waals surface area contributed by atoms with Gasteiger partial charge < -0.3 is 30.3 Å². The van der Waals surface area contributed by atoms with Crippen molar-refractivity contribution in [2.45, 2.75) is 19.3 Å². The Hall–Kier alpha value is -6.24. The molecule has 4 aromatic rings. The van der Waals surface area contributed by atoms with Crippen LogP contribution in [0.4, 0.5) is 34.1 Å². The predicted molar refractivity (Wildman–Crippen MR) is 206 cm³/mol. The van der Waals surface area contributed by atoms with Gasteiger partial charge in [-0.1, -0.05) is 36.4 Å². The number of benzene rings is 2. The Morgan fingerprint density at radius 3 is 1.41 bits per heavy atom. The number of carbonyl (C=O) groups excluding carboxylic acids is 5. The molecule has 3 N–H and O–H groups in total. The molecular weight excluding hydrogens is 761 g/mol. The van der Waals surface area contributed by atoms with Crippen molar-refractivity contribution in [1.29, 1.82) is 0 Å². The molecule has 2 fully saturated rings. The van der Waals surface area contributed by atoms with Crippen LogP contribution in [0, 0.1) is 0 Å². The number of amides is 5. The van der Waals surface area contributed by atoms with Crippen LogP contribution in [-0.2, 0) is 27.4 Å². The summed E-state index contributed by atoms with van der Waals surface area (Å²) in [7, 11) is 0. The van der Waals surface area contributed by atoms with E-state index in [1.54, 1.807) is 56.0 Å². The molecule has 0 bridgehead atoms. The number of nitrogens with one attached hydrogen (secondary N) is 1. The van der Waals surface area contributed by atoms with Gasteiger partial charge in [-0.05, 0) is 48.5 Å². The van der Waals surface area contributed by atoms with Gasteiger partial charge in [-0.3, -0.25) is 34.2 Å². The third-order valence-corrected chi connectivity index (χ3v) is 8.95. The fourth-order valence-corrected chi connectivity index (χ4v) is 5.78. The highest BCUT2D eigenvalue weighted by Gasteiger charge is 2.38. The number of halogens is 3. The van der Waals surface area contributed by atoms with Crippen molar-refractivity contribution in [3.8, 4) is 0 Å². The van der Waals surface area contributed by atoms with Gasteiger partial charge >= 0.3 is 24.1 Å². The van der Waals surface area contributed by atoms with E-state index in [1.165, 1.54) is 29.8 Å². The SMILES string of the molecule is NCC(=O)c1ccc(CN(C(=O)N2CCOCC2)c2ccccc2)nc1.O=C(CNC(=O)C(F)(F)F)c1ccc(CN(C(=O)N2CCOCC2)c2ccccc2)nc1. The molecule has 306 valence electrons. The van der Waals surface area contributed by atoms with Crippen LogP contribution in [0.1, 0.15) is 32.1 Å². The highest BCUT2D eigenvalue weighted by Crippen LogP contribution is 2.21. The Labute approximate surface area is 332 Å². The van der Waals surface area contributed by atoms with E-state index in [4.69, 9.17) is 15.2 Å². The van der Waals surface area contributed by atoms with Crippen LogP contribution in [-0.4, -0.2) is 121 Å². The normalized spacial score (nSPS) is 14.1. The first-order valence-electron chi connectivity index (χ1n) is 18.3. The average molecular weight is 805 g/mol. The number of para-hydroxylation sites is 2. The molecule has 18 heteroatoms. The third kappa shape index (κ3) is 12.1. The summed E-state index contributed by atoms with van der Waals surface area (Å²) in [6.07, 6.45) is -2.34. The van der Waals surface area contributed by atoms with Gasteiger partial charge in [-0.15, -0.1) is 0 Å². The lowest BCUT2D eigenvalue weighted by Crippen LogP contribution is -2.48. The summed E-state index contributed by atoms with van der Waals surface area (Å²) in [5.41, 5.74) is 8.54. The first kappa shape index (κ1) is 42.9. The molecule has 2 aromatic carbocycles. The first-order chi connectivity index (χ1) is 27.9. The number of Topliss-reactive ketones (excluding diaryl/α,β-unsaturated/α-hetero) is 2. The van der Waals surface area contributed by atoms with E-state index in [1.807, 2.05) is 36.4 Å². The topological polar surface area (TPSA) is 181 Å². The molecule has 15 nitrogen and oxygen atoms in total. The highest BCUT2D eigenvalue weighted by atomic mass is 19.4. The second kappa shape index (κ2) is 20.8. The van der Waals surface area contributed by atoms with Gasteiger partial charge in [-0.25, -0.2) is 9.59 Å². The summed E-state index contributed by atoms with van der Waals surface area (Å²) in [6.45, 7) is 3.65. The lowest BCUT2D eigenvalue weighted by Gasteiger charge is -2.33. The summed E-state index contributed by atoms with van der Waals surface area (Å²) >= 11 is 0. The van der Waals surface area contributed by atoms with Crippen LogP contribution in [0.5, 0.6) is 0 Å². The minimum Gasteiger partial charge on any atom is -0.378 e. The Bertz CT molecular complexity index is 1980. The number of aromatic nitrogens is 2. The van der Waals surface area contributed by atoms with E-state index in [0.29, 0.717) is 81.8 Å². The number of urea groups is 2. The molecule has 0 spiro atoms. The zero-order valence-electron chi connectivity index (χ0n) is 31.5. The van der Waals surface area contributed by atoms with Gasteiger partial charge in [0.25, 0.3) is 0 Å². The number of ether oxygens (including phenoxy) is 2. The first-order valence-corrected chi connectivity index (χ1v) is 18.3. The molecule has 6 rings (SSSR count). The van der Waals surface area contributed by atoms with Gasteiger partial charge in [0.05, 0.1) is 64.0 Å². The Morgan fingerprint density at radius 2 is 1.05 bits per heavy atom. The lowest BCUT2D eigenvalue weighted by atomic mass is 10.1. The zero-order chi connectivity index (χ0) is 41.5. The largest absolute Gasteiger partial charge is 0.471 e. The summed E-state index contributed by atoms with van der Waals surface area (Å²) in [5.74, 6) is -3.06. The van der Waals surface area contributed by atoms with E-state index in [9.17, 15) is 37.1 Å². The van der Waals surface area contributed by atoms with Gasteiger partial charge in [0, 0.05) is 61.1 Å². The van der Waals surface area contributed by atoms with Crippen LogP contribution < -0.4 is 20.9 Å². The van der Waals surface area contributed by atoms with Crippen molar-refractivity contribution < 1.29 is 46.6 Å². The fourth-order valence-electron chi connectivity index (χ4n) is 5.78. The molecule has 2 aromatic heterocycles. The van der Waals surface area contributed by atoms with Gasteiger partial charge in [0.15, 0.2) is 11.6 Å². The lowest BCUT2D eigenvalue weighted by molar-refractivity contribution is -0.173. The summed E-state index contributed by atoms with van der Waals surface area (Å²) in [4.78, 5) is 75.8. The maximum atomic E-state index is 13.1. The van der Waals surface area contributed by atoms with Crippen molar-refractivity contribution in [1.82, 2.24) is 25.1 Å². The van der Waals surface area contributed by atoms with Crippen LogP contribution in [0.2, 0.25) is 0 Å². The second-order valence-electron chi connectivity index (χ2n) is 12.9. The number of ketones is 2. The molecule has 0 radical (unpaired) electrons. The molecule has 0 saturated carbocycles. The van der Waals surface area contributed by atoms with Crippen LogP contribution in [0.25, 0.3) is 0 Å². The number of pyridine rings is 2. The minimum absolute atomic E-state index is 0.0435. The molecule has 58 heavy (non-hydrogen) atoms. The minimum atomic E-state index is -5.06. The maximum absolute atomic E-state index is 13.1. The quantitative estimate of drug-likeness (QED) is 0.210. The average Bonchev–Trinajstić information content (AvgIpc) is 3.27. The third-order valence-electron chi connectivity index (χ3n) is 8.95. The molecule has 2 aliphatic heterocycles.